The van der Waals surface area contributed by atoms with Gasteiger partial charge in [0.1, 0.15) is 5.75 Å². The van der Waals surface area contributed by atoms with Gasteiger partial charge in [0.15, 0.2) is 4.75 Å². The average molecular weight is 311 g/mol. The Morgan fingerprint density at radius 3 is 2.62 bits per heavy atom. The second-order valence-electron chi connectivity index (χ2n) is 5.25. The zero-order chi connectivity index (χ0) is 15.3. The summed E-state index contributed by atoms with van der Waals surface area (Å²) < 4.78 is 35.4. The van der Waals surface area contributed by atoms with Crippen LogP contribution in [0.25, 0.3) is 0 Å². The molecule has 0 amide bonds. The third-order valence-electron chi connectivity index (χ3n) is 4.17. The molecule has 114 valence electrons. The maximum atomic E-state index is 12.7. The highest BCUT2D eigenvalue weighted by atomic mass is 32.2. The predicted molar refractivity (Wildman–Crippen MR) is 76.7 cm³/mol. The van der Waals surface area contributed by atoms with Crippen molar-refractivity contribution < 1.29 is 22.7 Å². The van der Waals surface area contributed by atoms with E-state index in [1.165, 1.54) is 4.31 Å². The summed E-state index contributed by atoms with van der Waals surface area (Å²) in [6.45, 7) is 2.19. The van der Waals surface area contributed by atoms with Gasteiger partial charge in [-0.05, 0) is 37.6 Å². The normalized spacial score (nSPS) is 28.9. The molecule has 0 radical (unpaired) electrons. The summed E-state index contributed by atoms with van der Waals surface area (Å²) in [5.41, 5.74) is 0.548. The first kappa shape index (κ1) is 14.2. The summed E-state index contributed by atoms with van der Waals surface area (Å²) in [7, 11) is -2.18. The Morgan fingerprint density at radius 2 is 2.05 bits per heavy atom. The fourth-order valence-corrected chi connectivity index (χ4v) is 5.28. The van der Waals surface area contributed by atoms with Crippen molar-refractivity contribution in [1.82, 2.24) is 0 Å². The van der Waals surface area contributed by atoms with Gasteiger partial charge in [-0.3, -0.25) is 9.10 Å². The van der Waals surface area contributed by atoms with E-state index < -0.39 is 20.7 Å². The van der Waals surface area contributed by atoms with Gasteiger partial charge in [-0.1, -0.05) is 0 Å². The highest BCUT2D eigenvalue weighted by molar-refractivity contribution is 7.95. The van der Waals surface area contributed by atoms with Crippen molar-refractivity contribution in [1.29, 1.82) is 0 Å². The quantitative estimate of drug-likeness (QED) is 0.780. The second kappa shape index (κ2) is 4.62. The molecule has 1 aromatic carbocycles. The van der Waals surface area contributed by atoms with Gasteiger partial charge in [0.25, 0.3) is 10.0 Å². The van der Waals surface area contributed by atoms with Crippen molar-refractivity contribution in [2.75, 3.05) is 24.6 Å². The van der Waals surface area contributed by atoms with Crippen LogP contribution in [-0.4, -0.2) is 39.4 Å². The highest BCUT2D eigenvalue weighted by Crippen LogP contribution is 2.58. The van der Waals surface area contributed by atoms with E-state index in [-0.39, 0.29) is 12.5 Å². The van der Waals surface area contributed by atoms with Crippen molar-refractivity contribution in [3.8, 4) is 5.75 Å². The van der Waals surface area contributed by atoms with Gasteiger partial charge in [0.05, 0.1) is 19.4 Å². The average Bonchev–Trinajstić information content (AvgIpc) is 3.16. The Hall–Kier alpha value is -1.76. The third-order valence-corrected chi connectivity index (χ3v) is 6.69. The first-order valence-corrected chi connectivity index (χ1v) is 8.25. The molecule has 1 saturated carbocycles. The molecule has 2 atom stereocenters. The minimum atomic E-state index is -3.73. The first-order valence-electron chi connectivity index (χ1n) is 6.81. The van der Waals surface area contributed by atoms with Crippen LogP contribution < -0.4 is 9.04 Å². The molecule has 0 spiro atoms. The minimum Gasteiger partial charge on any atom is -0.497 e. The molecule has 1 saturated heterocycles. The molecule has 1 heterocycles. The molecule has 3 rings (SSSR count). The Balaban J connectivity index is 1.92. The van der Waals surface area contributed by atoms with Crippen molar-refractivity contribution >= 4 is 21.7 Å². The highest BCUT2D eigenvalue weighted by Gasteiger charge is 2.76. The molecule has 21 heavy (non-hydrogen) atoms. The van der Waals surface area contributed by atoms with Gasteiger partial charge >= 0.3 is 5.97 Å². The zero-order valence-corrected chi connectivity index (χ0v) is 12.7. The second-order valence-corrected chi connectivity index (χ2v) is 7.36. The van der Waals surface area contributed by atoms with Crippen molar-refractivity contribution in [2.45, 2.75) is 18.1 Å². The summed E-state index contributed by atoms with van der Waals surface area (Å²) in [6.07, 6.45) is 0.362. The molecule has 2 aliphatic rings. The van der Waals surface area contributed by atoms with E-state index in [1.54, 1.807) is 38.3 Å². The van der Waals surface area contributed by atoms with Gasteiger partial charge in [0.2, 0.25) is 0 Å². The molecule has 1 aliphatic heterocycles. The maximum Gasteiger partial charge on any atom is 0.329 e. The van der Waals surface area contributed by atoms with Gasteiger partial charge < -0.3 is 9.47 Å². The third kappa shape index (κ3) is 1.83. The van der Waals surface area contributed by atoms with Gasteiger partial charge in [-0.2, -0.15) is 0 Å². The standard InChI is InChI=1S/C14H17NO5S/c1-3-20-13(16)14-8-10(14)9-15(21(14,17)18)11-4-6-12(19-2)7-5-11/h4-7,10H,3,8-9H2,1-2H3. The van der Waals surface area contributed by atoms with Crippen LogP contribution in [0, 0.1) is 5.92 Å². The largest absolute Gasteiger partial charge is 0.497 e. The number of methoxy groups -OCH3 is 1. The molecule has 6 nitrogen and oxygen atoms in total. The number of rotatable bonds is 4. The number of nitrogens with zero attached hydrogens (tertiary/aromatic N) is 1. The molecular weight excluding hydrogens is 294 g/mol. The predicted octanol–water partition coefficient (Wildman–Crippen LogP) is 1.17. The first-order chi connectivity index (χ1) is 9.97. The smallest absolute Gasteiger partial charge is 0.329 e. The van der Waals surface area contributed by atoms with Gasteiger partial charge in [-0.15, -0.1) is 0 Å². The van der Waals surface area contributed by atoms with Crippen LogP contribution in [0.3, 0.4) is 0 Å². The van der Waals surface area contributed by atoms with Gasteiger partial charge in [-0.25, -0.2) is 8.42 Å². The van der Waals surface area contributed by atoms with Crippen LogP contribution in [0.15, 0.2) is 24.3 Å². The van der Waals surface area contributed by atoms with Crippen LogP contribution >= 0.6 is 0 Å². The van der Waals surface area contributed by atoms with Crippen LogP contribution in [0.1, 0.15) is 13.3 Å². The summed E-state index contributed by atoms with van der Waals surface area (Å²) >= 11 is 0. The number of hydrogen-bond donors (Lipinski definition) is 0. The molecule has 7 heteroatoms. The lowest BCUT2D eigenvalue weighted by molar-refractivity contribution is -0.143. The van der Waals surface area contributed by atoms with Gasteiger partial charge in [0, 0.05) is 12.5 Å². The lowest BCUT2D eigenvalue weighted by Crippen LogP contribution is -2.40. The fourth-order valence-electron chi connectivity index (χ4n) is 2.93. The SMILES string of the molecule is CCOC(=O)C12CC1CN(c1ccc(OC)cc1)S2(=O)=O. The summed E-state index contributed by atoms with van der Waals surface area (Å²) in [4.78, 5) is 12.1. The van der Waals surface area contributed by atoms with E-state index in [1.807, 2.05) is 0 Å². The number of carbonyl (C=O) groups excluding carboxylic acids is 1. The van der Waals surface area contributed by atoms with Crippen LogP contribution in [-0.2, 0) is 19.6 Å². The molecule has 1 aromatic rings. The number of benzene rings is 1. The number of sulfonamides is 1. The molecule has 0 N–H and O–H groups in total. The van der Waals surface area contributed by atoms with E-state index in [0.717, 1.165) is 0 Å². The number of ether oxygens (including phenoxy) is 2. The summed E-state index contributed by atoms with van der Waals surface area (Å²) in [6, 6.07) is 6.76. The number of anilines is 1. The lowest BCUT2D eigenvalue weighted by Gasteiger charge is -2.22. The van der Waals surface area contributed by atoms with E-state index in [2.05, 4.69) is 0 Å². The van der Waals surface area contributed by atoms with E-state index in [9.17, 15) is 13.2 Å². The topological polar surface area (TPSA) is 72.9 Å². The number of carbonyl (C=O) groups is 1. The lowest BCUT2D eigenvalue weighted by atomic mass is 10.2. The molecule has 0 bridgehead atoms. The maximum absolute atomic E-state index is 12.7. The Kier molecular flexibility index (Phi) is 3.12. The zero-order valence-electron chi connectivity index (χ0n) is 11.9. The van der Waals surface area contributed by atoms with Crippen molar-refractivity contribution in [3.05, 3.63) is 24.3 Å². The molecule has 0 aromatic heterocycles. The Bertz CT molecular complexity index is 669. The molecule has 2 fully saturated rings. The molecule has 1 aliphatic carbocycles. The fraction of sp³-hybridized carbons (Fsp3) is 0.500. The molecule has 2 unspecified atom stereocenters. The summed E-state index contributed by atoms with van der Waals surface area (Å²) in [5, 5.41) is 0. The number of fused-ring (bicyclic) bond motifs is 1. The van der Waals surface area contributed by atoms with Crippen LogP contribution in [0.2, 0.25) is 0 Å². The number of esters is 1. The van der Waals surface area contributed by atoms with E-state index >= 15 is 0 Å². The van der Waals surface area contributed by atoms with Crippen molar-refractivity contribution in [3.63, 3.8) is 0 Å². The summed E-state index contributed by atoms with van der Waals surface area (Å²) in [5.74, 6) is -0.143. The Labute approximate surface area is 123 Å². The van der Waals surface area contributed by atoms with Crippen LogP contribution in [0.5, 0.6) is 5.75 Å². The minimum absolute atomic E-state index is 0.177. The van der Waals surface area contributed by atoms with E-state index in [0.29, 0.717) is 24.4 Å². The monoisotopic (exact) mass is 311 g/mol. The molecular formula is C14H17NO5S. The number of hydrogen-bond acceptors (Lipinski definition) is 5. The Morgan fingerprint density at radius 1 is 1.38 bits per heavy atom. The van der Waals surface area contributed by atoms with Crippen molar-refractivity contribution in [2.24, 2.45) is 5.92 Å². The van der Waals surface area contributed by atoms with Crippen LogP contribution in [0.4, 0.5) is 5.69 Å². The van der Waals surface area contributed by atoms with E-state index in [4.69, 9.17) is 9.47 Å².